The fraction of sp³-hybridized carbons (Fsp3) is 0.346. The first-order valence-electron chi connectivity index (χ1n) is 11.3. The van der Waals surface area contributed by atoms with E-state index in [1.807, 2.05) is 54.6 Å². The summed E-state index contributed by atoms with van der Waals surface area (Å²) in [7, 11) is 0. The molecule has 0 aliphatic carbocycles. The van der Waals surface area contributed by atoms with Crippen LogP contribution in [0.1, 0.15) is 29.0 Å². The summed E-state index contributed by atoms with van der Waals surface area (Å²) in [4.78, 5) is 35.2. The maximum atomic E-state index is 13.1. The topological polar surface area (TPSA) is 62.7 Å². The van der Waals surface area contributed by atoms with Crippen LogP contribution in [0.5, 0.6) is 0 Å². The van der Waals surface area contributed by atoms with Crippen molar-refractivity contribution in [1.29, 1.82) is 0 Å². The summed E-state index contributed by atoms with van der Waals surface area (Å²) in [6.07, 6.45) is 3.54. The van der Waals surface area contributed by atoms with Gasteiger partial charge in [-0.3, -0.25) is 14.6 Å². The molecule has 1 fully saturated rings. The maximum Gasteiger partial charge on any atom is 0.242 e. The van der Waals surface area contributed by atoms with Crippen LogP contribution in [0.3, 0.4) is 0 Å². The summed E-state index contributed by atoms with van der Waals surface area (Å²) in [6.45, 7) is 1.79. The Morgan fingerprint density at radius 2 is 1.91 bits per heavy atom. The number of carbonyl (C=O) groups excluding carboxylic acids is 2. The van der Waals surface area contributed by atoms with Crippen LogP contribution in [0.25, 0.3) is 0 Å². The summed E-state index contributed by atoms with van der Waals surface area (Å²) in [5, 5.41) is 2.05. The molecule has 1 saturated heterocycles. The largest absolute Gasteiger partial charge is 0.368 e. The van der Waals surface area contributed by atoms with Crippen molar-refractivity contribution >= 4 is 23.2 Å². The molecule has 1 unspecified atom stereocenters. The van der Waals surface area contributed by atoms with Crippen molar-refractivity contribution in [3.63, 3.8) is 0 Å². The second-order valence-corrected chi connectivity index (χ2v) is 9.25. The van der Waals surface area contributed by atoms with E-state index in [1.165, 1.54) is 4.88 Å². The lowest BCUT2D eigenvalue weighted by Crippen LogP contribution is -2.39. The zero-order valence-corrected chi connectivity index (χ0v) is 19.5. The molecule has 172 valence electrons. The van der Waals surface area contributed by atoms with Crippen molar-refractivity contribution in [3.8, 4) is 0 Å². The van der Waals surface area contributed by atoms with Crippen LogP contribution in [0, 0.1) is 0 Å². The number of benzene rings is 1. The van der Waals surface area contributed by atoms with E-state index in [0.29, 0.717) is 32.7 Å². The summed E-state index contributed by atoms with van der Waals surface area (Å²) in [5.41, 5.74) is 1.89. The van der Waals surface area contributed by atoms with Gasteiger partial charge in [-0.05, 0) is 42.0 Å². The van der Waals surface area contributed by atoms with Crippen LogP contribution < -0.4 is 0 Å². The molecule has 2 amide bonds. The first-order chi connectivity index (χ1) is 16.2. The Balaban J connectivity index is 1.41. The molecule has 3 aromatic rings. The lowest BCUT2D eigenvalue weighted by Gasteiger charge is -2.25. The molecule has 1 aromatic carbocycles. The number of pyridine rings is 1. The number of rotatable bonds is 9. The number of hydrogen-bond donors (Lipinski definition) is 0. The van der Waals surface area contributed by atoms with Crippen molar-refractivity contribution < 1.29 is 14.3 Å². The predicted molar refractivity (Wildman–Crippen MR) is 129 cm³/mol. The molecule has 0 N–H and O–H groups in total. The van der Waals surface area contributed by atoms with Crippen LogP contribution in [0.15, 0.2) is 72.2 Å². The third-order valence-corrected chi connectivity index (χ3v) is 6.62. The molecule has 3 heterocycles. The molecule has 7 heteroatoms. The van der Waals surface area contributed by atoms with E-state index in [9.17, 15) is 9.59 Å². The Bertz CT molecular complexity index is 1010. The number of thiophene rings is 1. The summed E-state index contributed by atoms with van der Waals surface area (Å²) < 4.78 is 6.16. The minimum atomic E-state index is -0.275. The first-order valence-corrected chi connectivity index (χ1v) is 12.2. The lowest BCUT2D eigenvalue weighted by molar-refractivity contribution is -0.139. The van der Waals surface area contributed by atoms with E-state index in [-0.39, 0.29) is 24.5 Å². The standard InChI is InChI=1S/C26H29N3O3S/c30-25(13-6-11-24-12-7-15-33-24)29-18-23(32-20-22-10-4-5-14-27-22)17-28(26(31)19-29)16-21-8-2-1-3-9-21/h1-5,7-10,12,14-15,23H,6,11,13,16-20H2. The second kappa shape index (κ2) is 11.7. The fourth-order valence-electron chi connectivity index (χ4n) is 3.94. The molecule has 1 atom stereocenters. The normalized spacial score (nSPS) is 16.6. The highest BCUT2D eigenvalue weighted by atomic mass is 32.1. The van der Waals surface area contributed by atoms with Crippen LogP contribution in [0.4, 0.5) is 0 Å². The van der Waals surface area contributed by atoms with Gasteiger partial charge in [0.05, 0.1) is 24.9 Å². The van der Waals surface area contributed by atoms with Crippen molar-refractivity contribution in [2.75, 3.05) is 19.6 Å². The monoisotopic (exact) mass is 463 g/mol. The van der Waals surface area contributed by atoms with Gasteiger partial charge in [-0.1, -0.05) is 42.5 Å². The molecule has 33 heavy (non-hydrogen) atoms. The zero-order valence-electron chi connectivity index (χ0n) is 18.6. The van der Waals surface area contributed by atoms with E-state index in [0.717, 1.165) is 24.1 Å². The van der Waals surface area contributed by atoms with Gasteiger partial charge in [-0.2, -0.15) is 0 Å². The molecule has 0 bridgehead atoms. The van der Waals surface area contributed by atoms with Crippen molar-refractivity contribution in [3.05, 3.63) is 88.4 Å². The summed E-state index contributed by atoms with van der Waals surface area (Å²) in [6, 6.07) is 19.7. The van der Waals surface area contributed by atoms with Gasteiger partial charge < -0.3 is 14.5 Å². The van der Waals surface area contributed by atoms with Gasteiger partial charge in [-0.25, -0.2) is 0 Å². The third kappa shape index (κ3) is 6.97. The lowest BCUT2D eigenvalue weighted by atomic mass is 10.2. The number of nitrogens with zero attached hydrogens (tertiary/aromatic N) is 3. The first kappa shape index (κ1) is 23.1. The number of ether oxygens (including phenoxy) is 1. The SMILES string of the molecule is O=C(CCCc1cccs1)N1CC(=O)N(Cc2ccccc2)CC(OCc2ccccn2)C1. The van der Waals surface area contributed by atoms with E-state index < -0.39 is 0 Å². The number of amides is 2. The number of hydrogen-bond acceptors (Lipinski definition) is 5. The van der Waals surface area contributed by atoms with Gasteiger partial charge in [0.25, 0.3) is 0 Å². The predicted octanol–water partition coefficient (Wildman–Crippen LogP) is 3.92. The Hall–Kier alpha value is -3.03. The maximum absolute atomic E-state index is 13.1. The average molecular weight is 464 g/mol. The molecule has 2 aromatic heterocycles. The molecule has 1 aliphatic rings. The van der Waals surface area contributed by atoms with Gasteiger partial charge in [0.2, 0.25) is 11.8 Å². The Labute approximate surface area is 198 Å². The second-order valence-electron chi connectivity index (χ2n) is 8.22. The highest BCUT2D eigenvalue weighted by Gasteiger charge is 2.30. The van der Waals surface area contributed by atoms with Gasteiger partial charge in [-0.15, -0.1) is 11.3 Å². The van der Waals surface area contributed by atoms with Crippen LogP contribution in [-0.4, -0.2) is 52.3 Å². The average Bonchev–Trinajstić information content (AvgIpc) is 3.30. The van der Waals surface area contributed by atoms with Crippen LogP contribution in [0.2, 0.25) is 0 Å². The molecule has 0 saturated carbocycles. The fourth-order valence-corrected chi connectivity index (χ4v) is 4.70. The molecule has 0 radical (unpaired) electrons. The van der Waals surface area contributed by atoms with Crippen LogP contribution >= 0.6 is 11.3 Å². The molecule has 4 rings (SSSR count). The molecular formula is C26H29N3O3S. The number of aromatic nitrogens is 1. The van der Waals surface area contributed by atoms with Gasteiger partial charge in [0.1, 0.15) is 0 Å². The third-order valence-electron chi connectivity index (χ3n) is 5.68. The van der Waals surface area contributed by atoms with E-state index >= 15 is 0 Å². The number of carbonyl (C=O) groups is 2. The Kier molecular flexibility index (Phi) is 8.22. The van der Waals surface area contributed by atoms with E-state index in [4.69, 9.17) is 4.74 Å². The van der Waals surface area contributed by atoms with Gasteiger partial charge >= 0.3 is 0 Å². The Morgan fingerprint density at radius 3 is 2.67 bits per heavy atom. The molecule has 1 aliphatic heterocycles. The highest BCUT2D eigenvalue weighted by molar-refractivity contribution is 7.09. The number of aryl methyl sites for hydroxylation is 1. The van der Waals surface area contributed by atoms with Crippen molar-refractivity contribution in [2.45, 2.75) is 38.5 Å². The molecular weight excluding hydrogens is 434 g/mol. The zero-order chi connectivity index (χ0) is 22.9. The highest BCUT2D eigenvalue weighted by Crippen LogP contribution is 2.16. The molecule has 6 nitrogen and oxygen atoms in total. The Morgan fingerprint density at radius 1 is 1.06 bits per heavy atom. The molecule has 0 spiro atoms. The van der Waals surface area contributed by atoms with E-state index in [1.54, 1.807) is 27.3 Å². The van der Waals surface area contributed by atoms with Crippen molar-refractivity contribution in [2.24, 2.45) is 0 Å². The minimum absolute atomic E-state index is 0.00732. The quantitative estimate of drug-likeness (QED) is 0.483. The van der Waals surface area contributed by atoms with Gasteiger partial charge in [0, 0.05) is 37.1 Å². The van der Waals surface area contributed by atoms with Crippen molar-refractivity contribution in [1.82, 2.24) is 14.8 Å². The van der Waals surface area contributed by atoms with E-state index in [2.05, 4.69) is 16.4 Å². The summed E-state index contributed by atoms with van der Waals surface area (Å²) >= 11 is 1.71. The van der Waals surface area contributed by atoms with Crippen LogP contribution in [-0.2, 0) is 33.9 Å². The van der Waals surface area contributed by atoms with Gasteiger partial charge in [0.15, 0.2) is 0 Å². The summed E-state index contributed by atoms with van der Waals surface area (Å²) in [5.74, 6) is -0.0395. The smallest absolute Gasteiger partial charge is 0.242 e. The minimum Gasteiger partial charge on any atom is -0.368 e.